The molecule has 0 spiro atoms. The minimum atomic E-state index is 0.0142. The fraction of sp³-hybridized carbons (Fsp3) is 0.235. The van der Waals surface area contributed by atoms with Crippen molar-refractivity contribution in [2.75, 3.05) is 11.9 Å². The Morgan fingerprint density at radius 2 is 1.76 bits per heavy atom. The Kier molecular flexibility index (Phi) is 4.92. The number of anilines is 1. The van der Waals surface area contributed by atoms with Crippen LogP contribution in [0.2, 0.25) is 10.0 Å². The molecule has 21 heavy (non-hydrogen) atoms. The van der Waals surface area contributed by atoms with Gasteiger partial charge in [-0.1, -0.05) is 47.0 Å². The van der Waals surface area contributed by atoms with Crippen LogP contribution < -0.4 is 4.90 Å². The third-order valence-electron chi connectivity index (χ3n) is 3.43. The quantitative estimate of drug-likeness (QED) is 0.794. The molecule has 2 aromatic carbocycles. The second-order valence-corrected chi connectivity index (χ2v) is 5.98. The van der Waals surface area contributed by atoms with Crippen molar-refractivity contribution in [1.29, 1.82) is 0 Å². The lowest BCUT2D eigenvalue weighted by molar-refractivity contribution is -0.117. The van der Waals surface area contributed by atoms with Crippen molar-refractivity contribution in [3.05, 3.63) is 63.1 Å². The number of benzene rings is 2. The number of aryl methyl sites for hydroxylation is 2. The summed E-state index contributed by atoms with van der Waals surface area (Å²) in [4.78, 5) is 14.1. The van der Waals surface area contributed by atoms with E-state index in [-0.39, 0.29) is 5.91 Å². The summed E-state index contributed by atoms with van der Waals surface area (Å²) in [5.41, 5.74) is 4.04. The van der Waals surface area contributed by atoms with Crippen LogP contribution in [0, 0.1) is 13.8 Å². The van der Waals surface area contributed by atoms with Crippen molar-refractivity contribution in [2.24, 2.45) is 0 Å². The van der Waals surface area contributed by atoms with Crippen LogP contribution >= 0.6 is 23.2 Å². The topological polar surface area (TPSA) is 20.3 Å². The number of carbonyl (C=O) groups excluding carboxylic acids is 1. The minimum absolute atomic E-state index is 0.0142. The van der Waals surface area contributed by atoms with E-state index in [1.54, 1.807) is 24.1 Å². The standard InChI is InChI=1S/C17H17Cl2NO/c1-11-4-7-16(12(2)8-11)20(3)17(21)10-13-5-6-14(18)15(19)9-13/h4-9H,10H2,1-3H3. The molecule has 0 aliphatic heterocycles. The molecule has 0 aromatic heterocycles. The SMILES string of the molecule is Cc1ccc(N(C)C(=O)Cc2ccc(Cl)c(Cl)c2)c(C)c1. The van der Waals surface area contributed by atoms with Crippen molar-refractivity contribution in [1.82, 2.24) is 0 Å². The van der Waals surface area contributed by atoms with Gasteiger partial charge in [0.05, 0.1) is 16.5 Å². The van der Waals surface area contributed by atoms with E-state index in [9.17, 15) is 4.79 Å². The van der Waals surface area contributed by atoms with E-state index in [0.29, 0.717) is 16.5 Å². The van der Waals surface area contributed by atoms with Crippen molar-refractivity contribution in [2.45, 2.75) is 20.3 Å². The van der Waals surface area contributed by atoms with Crippen LogP contribution in [0.3, 0.4) is 0 Å². The molecule has 2 rings (SSSR count). The highest BCUT2D eigenvalue weighted by Crippen LogP contribution is 2.24. The summed E-state index contributed by atoms with van der Waals surface area (Å²) in [5.74, 6) is 0.0142. The molecule has 0 heterocycles. The predicted octanol–water partition coefficient (Wildman–Crippen LogP) is 4.82. The predicted molar refractivity (Wildman–Crippen MR) is 89.5 cm³/mol. The van der Waals surface area contributed by atoms with Crippen LogP contribution in [-0.2, 0) is 11.2 Å². The summed E-state index contributed by atoms with van der Waals surface area (Å²) < 4.78 is 0. The van der Waals surface area contributed by atoms with Gasteiger partial charge in [-0.05, 0) is 43.2 Å². The van der Waals surface area contributed by atoms with E-state index in [0.717, 1.165) is 16.8 Å². The van der Waals surface area contributed by atoms with Crippen LogP contribution in [0.15, 0.2) is 36.4 Å². The molecule has 0 aliphatic rings. The van der Waals surface area contributed by atoms with Gasteiger partial charge in [0.2, 0.25) is 5.91 Å². The maximum Gasteiger partial charge on any atom is 0.231 e. The zero-order valence-electron chi connectivity index (χ0n) is 12.3. The number of likely N-dealkylation sites (N-methyl/N-ethyl adjacent to an activating group) is 1. The van der Waals surface area contributed by atoms with E-state index in [4.69, 9.17) is 23.2 Å². The number of carbonyl (C=O) groups is 1. The van der Waals surface area contributed by atoms with Gasteiger partial charge < -0.3 is 4.90 Å². The lowest BCUT2D eigenvalue weighted by Crippen LogP contribution is -2.28. The second kappa shape index (κ2) is 6.50. The van der Waals surface area contributed by atoms with Crippen molar-refractivity contribution >= 4 is 34.8 Å². The van der Waals surface area contributed by atoms with Crippen molar-refractivity contribution in [3.63, 3.8) is 0 Å². The van der Waals surface area contributed by atoms with Gasteiger partial charge >= 0.3 is 0 Å². The van der Waals surface area contributed by atoms with Crippen LogP contribution in [0.25, 0.3) is 0 Å². The van der Waals surface area contributed by atoms with Crippen LogP contribution in [-0.4, -0.2) is 13.0 Å². The number of rotatable bonds is 3. The van der Waals surface area contributed by atoms with Gasteiger partial charge in [-0.2, -0.15) is 0 Å². The highest BCUT2D eigenvalue weighted by Gasteiger charge is 2.14. The summed E-state index contributed by atoms with van der Waals surface area (Å²) in [6.07, 6.45) is 0.292. The van der Waals surface area contributed by atoms with Gasteiger partial charge in [0.15, 0.2) is 0 Å². The molecule has 0 N–H and O–H groups in total. The molecule has 0 radical (unpaired) electrons. The minimum Gasteiger partial charge on any atom is -0.315 e. The van der Waals surface area contributed by atoms with Crippen LogP contribution in [0.4, 0.5) is 5.69 Å². The van der Waals surface area contributed by atoms with E-state index < -0.39 is 0 Å². The number of halogens is 2. The van der Waals surface area contributed by atoms with Crippen molar-refractivity contribution < 1.29 is 4.79 Å². The maximum absolute atomic E-state index is 12.4. The molecule has 0 atom stereocenters. The first-order valence-electron chi connectivity index (χ1n) is 6.66. The molecule has 0 fully saturated rings. The first-order valence-corrected chi connectivity index (χ1v) is 7.42. The third-order valence-corrected chi connectivity index (χ3v) is 4.17. The highest BCUT2D eigenvalue weighted by molar-refractivity contribution is 6.42. The Balaban J connectivity index is 2.17. The molecule has 2 aromatic rings. The molecule has 0 saturated heterocycles. The zero-order valence-corrected chi connectivity index (χ0v) is 13.8. The molecule has 1 amide bonds. The fourth-order valence-corrected chi connectivity index (χ4v) is 2.58. The number of hydrogen-bond donors (Lipinski definition) is 0. The van der Waals surface area contributed by atoms with E-state index in [2.05, 4.69) is 6.07 Å². The third kappa shape index (κ3) is 3.78. The fourth-order valence-electron chi connectivity index (χ4n) is 2.26. The number of nitrogens with zero attached hydrogens (tertiary/aromatic N) is 1. The number of hydrogen-bond acceptors (Lipinski definition) is 1. The summed E-state index contributed by atoms with van der Waals surface area (Å²) in [6, 6.07) is 11.3. The Hall–Kier alpha value is -1.51. The van der Waals surface area contributed by atoms with Gasteiger partial charge in [-0.25, -0.2) is 0 Å². The van der Waals surface area contributed by atoms with Gasteiger partial charge in [0, 0.05) is 12.7 Å². The Bertz CT molecular complexity index is 682. The van der Waals surface area contributed by atoms with Crippen LogP contribution in [0.1, 0.15) is 16.7 Å². The van der Waals surface area contributed by atoms with Gasteiger partial charge in [-0.15, -0.1) is 0 Å². The molecule has 110 valence electrons. The molecule has 0 unspecified atom stereocenters. The Labute approximate surface area is 135 Å². The first-order chi connectivity index (χ1) is 9.88. The second-order valence-electron chi connectivity index (χ2n) is 5.17. The summed E-state index contributed by atoms with van der Waals surface area (Å²) >= 11 is 11.9. The Morgan fingerprint density at radius 1 is 1.05 bits per heavy atom. The summed E-state index contributed by atoms with van der Waals surface area (Å²) in [5, 5.41) is 0.965. The van der Waals surface area contributed by atoms with Gasteiger partial charge in [-0.3, -0.25) is 4.79 Å². The number of amides is 1. The Morgan fingerprint density at radius 3 is 2.38 bits per heavy atom. The maximum atomic E-state index is 12.4. The lowest BCUT2D eigenvalue weighted by Gasteiger charge is -2.20. The van der Waals surface area contributed by atoms with Crippen LogP contribution in [0.5, 0.6) is 0 Å². The molecule has 0 aliphatic carbocycles. The monoisotopic (exact) mass is 321 g/mol. The van der Waals surface area contributed by atoms with Crippen molar-refractivity contribution in [3.8, 4) is 0 Å². The average Bonchev–Trinajstić information content (AvgIpc) is 2.42. The summed E-state index contributed by atoms with van der Waals surface area (Å²) in [6.45, 7) is 4.04. The summed E-state index contributed by atoms with van der Waals surface area (Å²) in [7, 11) is 1.79. The largest absolute Gasteiger partial charge is 0.315 e. The van der Waals surface area contributed by atoms with Gasteiger partial charge in [0.1, 0.15) is 0 Å². The highest BCUT2D eigenvalue weighted by atomic mass is 35.5. The van der Waals surface area contributed by atoms with E-state index >= 15 is 0 Å². The average molecular weight is 322 g/mol. The smallest absolute Gasteiger partial charge is 0.231 e. The zero-order chi connectivity index (χ0) is 15.6. The van der Waals surface area contributed by atoms with E-state index in [1.165, 1.54) is 5.56 Å². The van der Waals surface area contributed by atoms with Gasteiger partial charge in [0.25, 0.3) is 0 Å². The molecular weight excluding hydrogens is 305 g/mol. The molecule has 0 saturated carbocycles. The normalized spacial score (nSPS) is 10.5. The lowest BCUT2D eigenvalue weighted by atomic mass is 10.1. The first kappa shape index (κ1) is 15.9. The molecule has 0 bridgehead atoms. The van der Waals surface area contributed by atoms with E-state index in [1.807, 2.05) is 32.0 Å². The molecular formula is C17H17Cl2NO. The molecule has 4 heteroatoms. The molecule has 2 nitrogen and oxygen atoms in total.